The van der Waals surface area contributed by atoms with Crippen molar-refractivity contribution in [1.82, 2.24) is 0 Å². The lowest BCUT2D eigenvalue weighted by Crippen LogP contribution is -2.15. The summed E-state index contributed by atoms with van der Waals surface area (Å²) in [5, 5.41) is 21.5. The van der Waals surface area contributed by atoms with Crippen LogP contribution in [-0.2, 0) is 4.74 Å². The first-order chi connectivity index (χ1) is 8.58. The number of nitrogens with one attached hydrogen (secondary N) is 1. The number of nitrogens with zero attached hydrogens (tertiary/aromatic N) is 1. The van der Waals surface area contributed by atoms with E-state index in [1.54, 1.807) is 0 Å². The van der Waals surface area contributed by atoms with Crippen LogP contribution in [0.1, 0.15) is 0 Å². The summed E-state index contributed by atoms with van der Waals surface area (Å²) in [6.07, 6.45) is -0.802. The van der Waals surface area contributed by atoms with E-state index in [9.17, 15) is 14.9 Å². The average molecular weight is 256 g/mol. The fourth-order valence-electron chi connectivity index (χ4n) is 1.20. The summed E-state index contributed by atoms with van der Waals surface area (Å²) in [5.74, 6) is 0.0919. The molecule has 0 aliphatic heterocycles. The lowest BCUT2D eigenvalue weighted by atomic mass is 10.2. The Hall–Kier alpha value is -2.35. The molecule has 0 aliphatic carbocycles. The van der Waals surface area contributed by atoms with Crippen molar-refractivity contribution in [2.24, 2.45) is 0 Å². The van der Waals surface area contributed by atoms with Gasteiger partial charge in [-0.1, -0.05) is 0 Å². The van der Waals surface area contributed by atoms with E-state index < -0.39 is 11.0 Å². The Morgan fingerprint density at radius 2 is 2.28 bits per heavy atom. The molecule has 0 spiro atoms. The zero-order valence-electron chi connectivity index (χ0n) is 9.58. The molecule has 0 unspecified atom stereocenters. The zero-order valence-corrected chi connectivity index (χ0v) is 9.58. The minimum atomic E-state index is -0.802. The van der Waals surface area contributed by atoms with Crippen molar-refractivity contribution in [2.75, 3.05) is 25.6 Å². The largest absolute Gasteiger partial charge is 0.490 e. The van der Waals surface area contributed by atoms with Gasteiger partial charge in [0, 0.05) is 6.07 Å². The number of aliphatic hydroxyl groups excluding tert-OH is 1. The van der Waals surface area contributed by atoms with Gasteiger partial charge in [-0.2, -0.15) is 0 Å². The average Bonchev–Trinajstić information content (AvgIpc) is 2.36. The van der Waals surface area contributed by atoms with Gasteiger partial charge in [-0.05, 0) is 12.1 Å². The van der Waals surface area contributed by atoms with Gasteiger partial charge in [0.2, 0.25) is 0 Å². The molecule has 18 heavy (non-hydrogen) atoms. The van der Waals surface area contributed by atoms with Gasteiger partial charge in [0.05, 0.1) is 24.3 Å². The van der Waals surface area contributed by atoms with Crippen molar-refractivity contribution >= 4 is 17.5 Å². The van der Waals surface area contributed by atoms with E-state index in [4.69, 9.17) is 9.84 Å². The number of aliphatic hydroxyl groups is 1. The molecule has 2 N–H and O–H groups in total. The van der Waals surface area contributed by atoms with Crippen LogP contribution in [-0.4, -0.2) is 36.4 Å². The molecule has 0 heterocycles. The van der Waals surface area contributed by atoms with Gasteiger partial charge in [-0.15, -0.1) is 0 Å². The maximum Gasteiger partial charge on any atom is 0.411 e. The van der Waals surface area contributed by atoms with E-state index in [2.05, 4.69) is 10.1 Å². The standard InChI is InChI=1S/C10H12N2O6/c1-17-9-3-2-7(6-8(9)12(15)16)11-10(14)18-5-4-13/h2-3,6,13H,4-5H2,1H3,(H,11,14). The van der Waals surface area contributed by atoms with E-state index in [1.807, 2.05) is 0 Å². The molecule has 8 nitrogen and oxygen atoms in total. The van der Waals surface area contributed by atoms with Crippen molar-refractivity contribution in [3.8, 4) is 5.75 Å². The summed E-state index contributed by atoms with van der Waals surface area (Å²) in [5.41, 5.74) is -0.0668. The molecule has 0 aromatic heterocycles. The Bertz CT molecular complexity index is 448. The van der Waals surface area contributed by atoms with E-state index in [-0.39, 0.29) is 30.3 Å². The van der Waals surface area contributed by atoms with Gasteiger partial charge in [0.25, 0.3) is 0 Å². The van der Waals surface area contributed by atoms with Gasteiger partial charge < -0.3 is 14.6 Å². The number of ether oxygens (including phenoxy) is 2. The lowest BCUT2D eigenvalue weighted by Gasteiger charge is -2.07. The highest BCUT2D eigenvalue weighted by atomic mass is 16.6. The molecular formula is C10H12N2O6. The molecule has 0 atom stereocenters. The summed E-state index contributed by atoms with van der Waals surface area (Å²) in [6.45, 7) is -0.444. The molecule has 0 radical (unpaired) electrons. The van der Waals surface area contributed by atoms with Crippen molar-refractivity contribution < 1.29 is 24.3 Å². The van der Waals surface area contributed by atoms with Crippen LogP contribution in [0.2, 0.25) is 0 Å². The van der Waals surface area contributed by atoms with Gasteiger partial charge >= 0.3 is 11.8 Å². The van der Waals surface area contributed by atoms with Crippen LogP contribution in [0, 0.1) is 10.1 Å². The Morgan fingerprint density at radius 3 is 2.83 bits per heavy atom. The topological polar surface area (TPSA) is 111 Å². The quantitative estimate of drug-likeness (QED) is 0.603. The van der Waals surface area contributed by atoms with Crippen LogP contribution < -0.4 is 10.1 Å². The molecular weight excluding hydrogens is 244 g/mol. The molecule has 1 amide bonds. The smallest absolute Gasteiger partial charge is 0.411 e. The summed E-state index contributed by atoms with van der Waals surface area (Å²) < 4.78 is 9.36. The maximum atomic E-state index is 11.2. The number of carbonyl (C=O) groups is 1. The SMILES string of the molecule is COc1ccc(NC(=O)OCCO)cc1[N+](=O)[O-]. The predicted octanol–water partition coefficient (Wildman–Crippen LogP) is 1.14. The molecule has 1 aromatic rings. The van der Waals surface area contributed by atoms with Crippen LogP contribution in [0.25, 0.3) is 0 Å². The van der Waals surface area contributed by atoms with Crippen molar-refractivity contribution in [3.05, 3.63) is 28.3 Å². The first-order valence-corrected chi connectivity index (χ1v) is 4.95. The fourth-order valence-corrected chi connectivity index (χ4v) is 1.20. The summed E-state index contributed by atoms with van der Waals surface area (Å²) in [6, 6.07) is 3.95. The monoisotopic (exact) mass is 256 g/mol. The molecule has 1 rings (SSSR count). The third-order valence-electron chi connectivity index (χ3n) is 1.95. The van der Waals surface area contributed by atoms with E-state index in [1.165, 1.54) is 19.2 Å². The molecule has 0 bridgehead atoms. The van der Waals surface area contributed by atoms with Crippen molar-refractivity contribution in [2.45, 2.75) is 0 Å². The lowest BCUT2D eigenvalue weighted by molar-refractivity contribution is -0.385. The number of amides is 1. The van der Waals surface area contributed by atoms with Crippen molar-refractivity contribution in [3.63, 3.8) is 0 Å². The number of benzene rings is 1. The number of anilines is 1. The highest BCUT2D eigenvalue weighted by Crippen LogP contribution is 2.29. The van der Waals surface area contributed by atoms with E-state index >= 15 is 0 Å². The van der Waals surface area contributed by atoms with Gasteiger partial charge in [-0.3, -0.25) is 15.4 Å². The molecule has 8 heteroatoms. The van der Waals surface area contributed by atoms with Gasteiger partial charge in [-0.25, -0.2) is 4.79 Å². The highest BCUT2D eigenvalue weighted by Gasteiger charge is 2.16. The number of carbonyl (C=O) groups excluding carboxylic acids is 1. The highest BCUT2D eigenvalue weighted by molar-refractivity contribution is 5.85. The van der Waals surface area contributed by atoms with Crippen LogP contribution in [0.4, 0.5) is 16.2 Å². The number of hydrogen-bond acceptors (Lipinski definition) is 6. The minimum absolute atomic E-state index is 0.0919. The van der Waals surface area contributed by atoms with Crippen molar-refractivity contribution in [1.29, 1.82) is 0 Å². The molecule has 0 aliphatic rings. The molecule has 1 aromatic carbocycles. The molecule has 0 fully saturated rings. The van der Waals surface area contributed by atoms with Gasteiger partial charge in [0.15, 0.2) is 5.75 Å². The summed E-state index contributed by atoms with van der Waals surface area (Å²) in [4.78, 5) is 21.3. The van der Waals surface area contributed by atoms with Crippen LogP contribution in [0.15, 0.2) is 18.2 Å². The number of nitro groups is 1. The minimum Gasteiger partial charge on any atom is -0.490 e. The third kappa shape index (κ3) is 3.59. The van der Waals surface area contributed by atoms with Crippen LogP contribution >= 0.6 is 0 Å². The Balaban J connectivity index is 2.82. The summed E-state index contributed by atoms with van der Waals surface area (Å²) >= 11 is 0. The van der Waals surface area contributed by atoms with E-state index in [0.717, 1.165) is 6.07 Å². The van der Waals surface area contributed by atoms with E-state index in [0.29, 0.717) is 0 Å². The first-order valence-electron chi connectivity index (χ1n) is 4.95. The van der Waals surface area contributed by atoms with Gasteiger partial charge in [0.1, 0.15) is 6.61 Å². The maximum absolute atomic E-state index is 11.2. The number of methoxy groups -OCH3 is 1. The predicted molar refractivity (Wildman–Crippen MR) is 61.7 cm³/mol. The zero-order chi connectivity index (χ0) is 13.5. The normalized spacial score (nSPS) is 9.67. The fraction of sp³-hybridized carbons (Fsp3) is 0.300. The Kier molecular flexibility index (Phi) is 4.88. The number of hydrogen-bond donors (Lipinski definition) is 2. The second kappa shape index (κ2) is 6.40. The Morgan fingerprint density at radius 1 is 1.56 bits per heavy atom. The molecule has 0 saturated heterocycles. The summed E-state index contributed by atoms with van der Waals surface area (Å²) in [7, 11) is 1.31. The molecule has 0 saturated carbocycles. The first kappa shape index (κ1) is 13.7. The van der Waals surface area contributed by atoms with Crippen LogP contribution in [0.5, 0.6) is 5.75 Å². The number of rotatable bonds is 5. The Labute approximate surface area is 102 Å². The third-order valence-corrected chi connectivity index (χ3v) is 1.95. The molecule has 98 valence electrons. The second-order valence-corrected chi connectivity index (χ2v) is 3.13. The second-order valence-electron chi connectivity index (χ2n) is 3.13. The number of nitro benzene ring substituents is 1. The van der Waals surface area contributed by atoms with Crippen LogP contribution in [0.3, 0.4) is 0 Å².